The van der Waals surface area contributed by atoms with Crippen LogP contribution in [0.1, 0.15) is 35.2 Å². The van der Waals surface area contributed by atoms with E-state index in [0.717, 1.165) is 63.0 Å². The number of hydrogen-bond acceptors (Lipinski definition) is 5. The van der Waals surface area contributed by atoms with Gasteiger partial charge in [-0.2, -0.15) is 0 Å². The van der Waals surface area contributed by atoms with Crippen LogP contribution < -0.4 is 14.7 Å². The van der Waals surface area contributed by atoms with Gasteiger partial charge < -0.3 is 24.3 Å². The second-order valence-corrected chi connectivity index (χ2v) is 9.96. The second kappa shape index (κ2) is 9.55. The van der Waals surface area contributed by atoms with Crippen molar-refractivity contribution in [2.24, 2.45) is 0 Å². The average Bonchev–Trinajstić information content (AvgIpc) is 3.34. The Kier molecular flexibility index (Phi) is 6.49. The van der Waals surface area contributed by atoms with Gasteiger partial charge in [-0.1, -0.05) is 0 Å². The topological polar surface area (TPSA) is 39.3 Å². The number of carbonyl (C=O) groups excluding carboxylic acids is 1. The fraction of sp³-hybridized carbons (Fsp3) is 0.519. The van der Waals surface area contributed by atoms with Crippen LogP contribution in [0.15, 0.2) is 36.4 Å². The van der Waals surface area contributed by atoms with E-state index in [1.807, 2.05) is 24.3 Å². The number of anilines is 3. The van der Waals surface area contributed by atoms with Crippen LogP contribution in [0.4, 0.5) is 21.5 Å². The van der Waals surface area contributed by atoms with Crippen molar-refractivity contribution >= 4 is 23.0 Å². The fourth-order valence-corrected chi connectivity index (χ4v) is 5.57. The molecule has 3 aliphatic heterocycles. The molecule has 0 saturated carbocycles. The van der Waals surface area contributed by atoms with Crippen molar-refractivity contribution in [1.29, 1.82) is 0 Å². The molecule has 7 heteroatoms. The lowest BCUT2D eigenvalue weighted by Crippen LogP contribution is -2.39. The highest BCUT2D eigenvalue weighted by Gasteiger charge is 2.29. The van der Waals surface area contributed by atoms with Gasteiger partial charge >= 0.3 is 0 Å². The maximum absolute atomic E-state index is 15.1. The lowest BCUT2D eigenvalue weighted by Gasteiger charge is -2.34. The number of piperidine rings is 1. The van der Waals surface area contributed by atoms with E-state index in [4.69, 9.17) is 4.74 Å². The minimum atomic E-state index is -0.259. The fourth-order valence-electron chi connectivity index (χ4n) is 5.57. The van der Waals surface area contributed by atoms with Gasteiger partial charge in [-0.05, 0) is 81.7 Å². The minimum absolute atomic E-state index is 0.0492. The number of benzene rings is 2. The summed E-state index contributed by atoms with van der Waals surface area (Å²) in [4.78, 5) is 21.7. The Morgan fingerprint density at radius 1 is 0.941 bits per heavy atom. The van der Waals surface area contributed by atoms with E-state index < -0.39 is 0 Å². The van der Waals surface area contributed by atoms with Crippen LogP contribution in [0.5, 0.6) is 0 Å². The molecule has 3 aliphatic rings. The Morgan fingerprint density at radius 2 is 1.68 bits per heavy atom. The van der Waals surface area contributed by atoms with Gasteiger partial charge in [0.2, 0.25) is 0 Å². The molecule has 0 unspecified atom stereocenters. The SMILES string of the molecule is COC1CCN(c2ccc3c(c2)CCN(c2ccc(N4CC[C@@H](N(C)C)C4)c(F)c2)C3=O)CC1. The Hall–Kier alpha value is -2.64. The number of rotatable bonds is 5. The molecule has 1 atom stereocenters. The highest BCUT2D eigenvalue weighted by atomic mass is 19.1. The van der Waals surface area contributed by atoms with E-state index in [-0.39, 0.29) is 11.7 Å². The quantitative estimate of drug-likeness (QED) is 0.671. The molecule has 2 saturated heterocycles. The molecule has 0 bridgehead atoms. The summed E-state index contributed by atoms with van der Waals surface area (Å²) in [5.41, 5.74) is 4.23. The zero-order valence-electron chi connectivity index (χ0n) is 20.5. The lowest BCUT2D eigenvalue weighted by atomic mass is 9.96. The zero-order chi connectivity index (χ0) is 23.8. The van der Waals surface area contributed by atoms with E-state index in [1.165, 1.54) is 11.8 Å². The molecule has 2 aromatic carbocycles. The van der Waals surface area contributed by atoms with Crippen LogP contribution in [0.2, 0.25) is 0 Å². The summed E-state index contributed by atoms with van der Waals surface area (Å²) in [5.74, 6) is -0.308. The van der Waals surface area contributed by atoms with Crippen molar-refractivity contribution in [3.63, 3.8) is 0 Å². The van der Waals surface area contributed by atoms with Crippen molar-refractivity contribution < 1.29 is 13.9 Å². The number of nitrogens with zero attached hydrogens (tertiary/aromatic N) is 4. The molecule has 1 amide bonds. The van der Waals surface area contributed by atoms with Gasteiger partial charge in [-0.3, -0.25) is 4.79 Å². The molecule has 0 N–H and O–H groups in total. The number of ether oxygens (including phenoxy) is 1. The van der Waals surface area contributed by atoms with E-state index in [0.29, 0.717) is 30.1 Å². The summed E-state index contributed by atoms with van der Waals surface area (Å²) in [7, 11) is 5.92. The predicted molar refractivity (Wildman–Crippen MR) is 135 cm³/mol. The monoisotopic (exact) mass is 466 g/mol. The number of carbonyl (C=O) groups is 1. The van der Waals surface area contributed by atoms with Gasteiger partial charge in [0, 0.05) is 62.8 Å². The zero-order valence-corrected chi connectivity index (χ0v) is 20.5. The van der Waals surface area contributed by atoms with Gasteiger partial charge in [-0.15, -0.1) is 0 Å². The van der Waals surface area contributed by atoms with Crippen molar-refractivity contribution in [1.82, 2.24) is 4.90 Å². The van der Waals surface area contributed by atoms with Gasteiger partial charge in [0.1, 0.15) is 5.82 Å². The number of amides is 1. The van der Waals surface area contributed by atoms with Crippen LogP contribution in [-0.4, -0.2) is 76.9 Å². The first-order valence-electron chi connectivity index (χ1n) is 12.4. The highest BCUT2D eigenvalue weighted by Crippen LogP contribution is 2.32. The highest BCUT2D eigenvalue weighted by molar-refractivity contribution is 6.08. The van der Waals surface area contributed by atoms with Crippen molar-refractivity contribution in [2.75, 3.05) is 68.6 Å². The Morgan fingerprint density at radius 3 is 2.35 bits per heavy atom. The molecule has 34 heavy (non-hydrogen) atoms. The molecule has 0 aliphatic carbocycles. The van der Waals surface area contributed by atoms with Crippen molar-refractivity contribution in [3.8, 4) is 0 Å². The first-order valence-corrected chi connectivity index (χ1v) is 12.4. The third kappa shape index (κ3) is 4.39. The first kappa shape index (κ1) is 23.1. The Bertz CT molecular complexity index is 1050. The van der Waals surface area contributed by atoms with E-state index in [2.05, 4.69) is 34.9 Å². The molecule has 2 aromatic rings. The third-order valence-electron chi connectivity index (χ3n) is 7.79. The summed E-state index contributed by atoms with van der Waals surface area (Å²) < 4.78 is 20.6. The summed E-state index contributed by atoms with van der Waals surface area (Å²) in [6.45, 7) is 4.17. The maximum Gasteiger partial charge on any atom is 0.258 e. The standard InChI is InChI=1S/C27H35FN4O2/c1-29(2)22-9-12-31(18-22)26-7-5-21(17-25(26)28)32-15-8-19-16-20(4-6-24(19)27(32)33)30-13-10-23(34-3)11-14-30/h4-7,16-17,22-23H,8-15,18H2,1-3H3/t22-/m1/s1. The number of hydrogen-bond donors (Lipinski definition) is 0. The first-order chi connectivity index (χ1) is 16.4. The van der Waals surface area contributed by atoms with Crippen LogP contribution in [-0.2, 0) is 11.2 Å². The summed E-state index contributed by atoms with van der Waals surface area (Å²) in [6.07, 6.45) is 4.19. The second-order valence-electron chi connectivity index (χ2n) is 9.96. The van der Waals surface area contributed by atoms with Crippen molar-refractivity contribution in [3.05, 3.63) is 53.3 Å². The van der Waals surface area contributed by atoms with E-state index >= 15 is 4.39 Å². The van der Waals surface area contributed by atoms with Crippen LogP contribution >= 0.6 is 0 Å². The van der Waals surface area contributed by atoms with Gasteiger partial charge in [0.25, 0.3) is 5.91 Å². The lowest BCUT2D eigenvalue weighted by molar-refractivity contribution is 0.0819. The van der Waals surface area contributed by atoms with Gasteiger partial charge in [0.05, 0.1) is 11.8 Å². The summed E-state index contributed by atoms with van der Waals surface area (Å²) in [5, 5.41) is 0. The third-order valence-corrected chi connectivity index (χ3v) is 7.79. The molecule has 182 valence electrons. The number of likely N-dealkylation sites (N-methyl/N-ethyl adjacent to an activating group) is 1. The molecule has 0 radical (unpaired) electrons. The van der Waals surface area contributed by atoms with E-state index in [1.54, 1.807) is 12.0 Å². The van der Waals surface area contributed by atoms with Gasteiger partial charge in [0.15, 0.2) is 0 Å². The number of halogens is 1. The molecule has 5 rings (SSSR count). The predicted octanol–water partition coefficient (Wildman–Crippen LogP) is 3.78. The van der Waals surface area contributed by atoms with Gasteiger partial charge in [-0.25, -0.2) is 4.39 Å². The molecule has 0 spiro atoms. The molecule has 2 fully saturated rings. The molecular formula is C27H35FN4O2. The minimum Gasteiger partial charge on any atom is -0.381 e. The average molecular weight is 467 g/mol. The summed E-state index contributed by atoms with van der Waals surface area (Å²) in [6, 6.07) is 11.8. The van der Waals surface area contributed by atoms with Crippen LogP contribution in [0.3, 0.4) is 0 Å². The number of methoxy groups -OCH3 is 1. The molecule has 3 heterocycles. The number of fused-ring (bicyclic) bond motifs is 1. The Labute approximate surface area is 201 Å². The van der Waals surface area contributed by atoms with Crippen molar-refractivity contribution in [2.45, 2.75) is 37.8 Å². The van der Waals surface area contributed by atoms with Crippen LogP contribution in [0, 0.1) is 5.82 Å². The van der Waals surface area contributed by atoms with E-state index in [9.17, 15) is 4.79 Å². The molecule has 0 aromatic heterocycles. The van der Waals surface area contributed by atoms with Crippen LogP contribution in [0.25, 0.3) is 0 Å². The largest absolute Gasteiger partial charge is 0.381 e. The maximum atomic E-state index is 15.1. The smallest absolute Gasteiger partial charge is 0.258 e. The molecule has 6 nitrogen and oxygen atoms in total. The molecular weight excluding hydrogens is 431 g/mol. The Balaban J connectivity index is 1.30. The normalized spacial score (nSPS) is 21.5. The summed E-state index contributed by atoms with van der Waals surface area (Å²) >= 11 is 0.